The van der Waals surface area contributed by atoms with Crippen molar-refractivity contribution >= 4 is 5.97 Å². The molecule has 1 unspecified atom stereocenters. The summed E-state index contributed by atoms with van der Waals surface area (Å²) in [5.41, 5.74) is 0. The first-order chi connectivity index (χ1) is 11.1. The summed E-state index contributed by atoms with van der Waals surface area (Å²) in [6.45, 7) is 4.11. The molecule has 1 N–H and O–H groups in total. The number of carbonyl (C=O) groups is 1. The second-order valence-electron chi connectivity index (χ2n) is 7.88. The summed E-state index contributed by atoms with van der Waals surface area (Å²) >= 11 is 0. The summed E-state index contributed by atoms with van der Waals surface area (Å²) in [5, 5.41) is 8.90. The standard InChI is InChI=1S/C21H40O2/c1-3-4-5-6-7-10-14-19-16-12-17-20(19)15-11-8-9-13-18(2)21(22)23/h18-20H,3-17H2,1-2H3,(H,22,23)/t18?,19-,20-/m0/s1. The minimum atomic E-state index is -0.639. The van der Waals surface area contributed by atoms with Crippen LogP contribution in [0.4, 0.5) is 0 Å². The molecule has 0 saturated heterocycles. The number of unbranched alkanes of at least 4 members (excludes halogenated alkanes) is 7. The molecule has 0 heterocycles. The van der Waals surface area contributed by atoms with Crippen LogP contribution in [-0.4, -0.2) is 11.1 Å². The van der Waals surface area contributed by atoms with Crippen LogP contribution in [0.15, 0.2) is 0 Å². The van der Waals surface area contributed by atoms with E-state index < -0.39 is 5.97 Å². The minimum Gasteiger partial charge on any atom is -0.481 e. The van der Waals surface area contributed by atoms with E-state index >= 15 is 0 Å². The van der Waals surface area contributed by atoms with Gasteiger partial charge in [0.05, 0.1) is 5.92 Å². The third-order valence-corrected chi connectivity index (χ3v) is 5.88. The maximum Gasteiger partial charge on any atom is 0.306 e. The molecule has 1 saturated carbocycles. The second-order valence-corrected chi connectivity index (χ2v) is 7.88. The molecule has 0 spiro atoms. The molecule has 23 heavy (non-hydrogen) atoms. The van der Waals surface area contributed by atoms with Crippen molar-refractivity contribution in [1.29, 1.82) is 0 Å². The lowest BCUT2D eigenvalue weighted by Gasteiger charge is -2.19. The van der Waals surface area contributed by atoms with Crippen molar-refractivity contribution in [3.8, 4) is 0 Å². The maximum atomic E-state index is 10.8. The summed E-state index contributed by atoms with van der Waals surface area (Å²) in [4.78, 5) is 10.8. The Morgan fingerprint density at radius 1 is 0.913 bits per heavy atom. The lowest BCUT2D eigenvalue weighted by atomic mass is 9.86. The largest absolute Gasteiger partial charge is 0.481 e. The van der Waals surface area contributed by atoms with E-state index in [-0.39, 0.29) is 5.92 Å². The van der Waals surface area contributed by atoms with E-state index in [9.17, 15) is 4.79 Å². The molecule has 0 bridgehead atoms. The van der Waals surface area contributed by atoms with Gasteiger partial charge in [-0.05, 0) is 18.3 Å². The van der Waals surface area contributed by atoms with Gasteiger partial charge in [-0.1, -0.05) is 104 Å². The van der Waals surface area contributed by atoms with Crippen LogP contribution in [-0.2, 0) is 4.79 Å². The fourth-order valence-corrected chi connectivity index (χ4v) is 4.22. The molecule has 1 aliphatic rings. The van der Waals surface area contributed by atoms with Crippen molar-refractivity contribution in [2.45, 2.75) is 110 Å². The molecule has 1 rings (SSSR count). The van der Waals surface area contributed by atoms with Crippen molar-refractivity contribution in [1.82, 2.24) is 0 Å². The molecule has 0 aromatic carbocycles. The zero-order valence-corrected chi connectivity index (χ0v) is 15.7. The van der Waals surface area contributed by atoms with Gasteiger partial charge in [0.15, 0.2) is 0 Å². The van der Waals surface area contributed by atoms with Crippen LogP contribution in [0.25, 0.3) is 0 Å². The molecule has 136 valence electrons. The van der Waals surface area contributed by atoms with Crippen molar-refractivity contribution in [2.24, 2.45) is 17.8 Å². The smallest absolute Gasteiger partial charge is 0.306 e. The SMILES string of the molecule is CCCCCCCC[C@H]1CCC[C@@H]1CCCCCC(C)C(=O)O. The molecule has 3 atom stereocenters. The number of rotatable bonds is 14. The van der Waals surface area contributed by atoms with Gasteiger partial charge in [0.25, 0.3) is 0 Å². The van der Waals surface area contributed by atoms with Crippen molar-refractivity contribution in [3.63, 3.8) is 0 Å². The molecular weight excluding hydrogens is 284 g/mol. The zero-order chi connectivity index (χ0) is 16.9. The van der Waals surface area contributed by atoms with Gasteiger partial charge in [-0.15, -0.1) is 0 Å². The van der Waals surface area contributed by atoms with Crippen LogP contribution >= 0.6 is 0 Å². The normalized spacial score (nSPS) is 22.3. The Balaban J connectivity index is 2.03. The summed E-state index contributed by atoms with van der Waals surface area (Å²) in [6, 6.07) is 0. The Morgan fingerprint density at radius 3 is 2.00 bits per heavy atom. The highest BCUT2D eigenvalue weighted by atomic mass is 16.4. The van der Waals surface area contributed by atoms with Gasteiger partial charge >= 0.3 is 5.97 Å². The highest BCUT2D eigenvalue weighted by Gasteiger charge is 2.26. The highest BCUT2D eigenvalue weighted by molar-refractivity contribution is 5.69. The predicted octanol–water partition coefficient (Wildman–Crippen LogP) is 6.82. The number of hydrogen-bond acceptors (Lipinski definition) is 1. The third-order valence-electron chi connectivity index (χ3n) is 5.88. The molecule has 2 heteroatoms. The molecule has 0 aromatic heterocycles. The van der Waals surface area contributed by atoms with Crippen LogP contribution in [0, 0.1) is 17.8 Å². The molecule has 0 aliphatic heterocycles. The van der Waals surface area contributed by atoms with E-state index in [0.717, 1.165) is 24.7 Å². The topological polar surface area (TPSA) is 37.3 Å². The van der Waals surface area contributed by atoms with Gasteiger partial charge in [0.1, 0.15) is 0 Å². The van der Waals surface area contributed by atoms with Gasteiger partial charge in [-0.2, -0.15) is 0 Å². The van der Waals surface area contributed by atoms with Gasteiger partial charge in [-0.25, -0.2) is 0 Å². The molecular formula is C21H40O2. The number of aliphatic carboxylic acids is 1. The average Bonchev–Trinajstić information content (AvgIpc) is 2.97. The van der Waals surface area contributed by atoms with E-state index in [1.54, 1.807) is 0 Å². The first kappa shape index (κ1) is 20.5. The lowest BCUT2D eigenvalue weighted by molar-refractivity contribution is -0.141. The Bertz CT molecular complexity index is 300. The number of carboxylic acids is 1. The summed E-state index contributed by atoms with van der Waals surface area (Å²) < 4.78 is 0. The third kappa shape index (κ3) is 9.37. The van der Waals surface area contributed by atoms with Crippen molar-refractivity contribution < 1.29 is 9.90 Å². The average molecular weight is 325 g/mol. The van der Waals surface area contributed by atoms with Crippen molar-refractivity contribution in [3.05, 3.63) is 0 Å². The first-order valence-corrected chi connectivity index (χ1v) is 10.4. The molecule has 1 aliphatic carbocycles. The van der Waals surface area contributed by atoms with Gasteiger partial charge < -0.3 is 5.11 Å². The van der Waals surface area contributed by atoms with Crippen LogP contribution in [0.5, 0.6) is 0 Å². The molecule has 0 amide bonds. The number of carboxylic acid groups (broad SMARTS) is 1. The summed E-state index contributed by atoms with van der Waals surface area (Å²) in [7, 11) is 0. The monoisotopic (exact) mass is 324 g/mol. The van der Waals surface area contributed by atoms with Gasteiger partial charge in [-0.3, -0.25) is 4.79 Å². The Morgan fingerprint density at radius 2 is 1.43 bits per heavy atom. The summed E-state index contributed by atoms with van der Waals surface area (Å²) in [6.07, 6.45) is 20.2. The fraction of sp³-hybridized carbons (Fsp3) is 0.952. The minimum absolute atomic E-state index is 0.165. The molecule has 1 fully saturated rings. The first-order valence-electron chi connectivity index (χ1n) is 10.4. The second kappa shape index (κ2) is 12.8. The lowest BCUT2D eigenvalue weighted by Crippen LogP contribution is -2.09. The van der Waals surface area contributed by atoms with Crippen molar-refractivity contribution in [2.75, 3.05) is 0 Å². The van der Waals surface area contributed by atoms with E-state index in [2.05, 4.69) is 6.92 Å². The molecule has 0 aromatic rings. The van der Waals surface area contributed by atoms with E-state index in [1.807, 2.05) is 6.92 Å². The fourth-order valence-electron chi connectivity index (χ4n) is 4.22. The van der Waals surface area contributed by atoms with Crippen LogP contribution < -0.4 is 0 Å². The Labute approximate surface area is 144 Å². The zero-order valence-electron chi connectivity index (χ0n) is 15.7. The van der Waals surface area contributed by atoms with E-state index in [4.69, 9.17) is 5.11 Å². The maximum absolute atomic E-state index is 10.8. The van der Waals surface area contributed by atoms with Gasteiger partial charge in [0.2, 0.25) is 0 Å². The Hall–Kier alpha value is -0.530. The van der Waals surface area contributed by atoms with Gasteiger partial charge in [0, 0.05) is 0 Å². The summed E-state index contributed by atoms with van der Waals surface area (Å²) in [5.74, 6) is 1.17. The van der Waals surface area contributed by atoms with Crippen LogP contribution in [0.1, 0.15) is 110 Å². The van der Waals surface area contributed by atoms with Crippen LogP contribution in [0.2, 0.25) is 0 Å². The molecule has 0 radical (unpaired) electrons. The Kier molecular flexibility index (Phi) is 11.5. The number of hydrogen-bond donors (Lipinski definition) is 1. The molecule has 2 nitrogen and oxygen atoms in total. The quantitative estimate of drug-likeness (QED) is 0.356. The van der Waals surface area contributed by atoms with Crippen LogP contribution in [0.3, 0.4) is 0 Å². The predicted molar refractivity (Wildman–Crippen MR) is 98.7 cm³/mol. The van der Waals surface area contributed by atoms with E-state index in [0.29, 0.717) is 0 Å². The van der Waals surface area contributed by atoms with E-state index in [1.165, 1.54) is 83.5 Å². The highest BCUT2D eigenvalue weighted by Crippen LogP contribution is 2.38.